The van der Waals surface area contributed by atoms with Crippen molar-refractivity contribution in [3.8, 4) is 0 Å². The van der Waals surface area contributed by atoms with Gasteiger partial charge in [0.15, 0.2) is 0 Å². The molecule has 0 fully saturated rings. The zero-order valence-electron chi connectivity index (χ0n) is 16.1. The summed E-state index contributed by atoms with van der Waals surface area (Å²) in [6.45, 7) is 13.9. The van der Waals surface area contributed by atoms with Gasteiger partial charge >= 0.3 is 0 Å². The van der Waals surface area contributed by atoms with Crippen molar-refractivity contribution in [1.29, 1.82) is 0 Å². The van der Waals surface area contributed by atoms with Crippen LogP contribution in [-0.2, 0) is 0 Å². The Labute approximate surface area is 144 Å². The highest BCUT2D eigenvalue weighted by molar-refractivity contribution is 4.67. The molecule has 0 amide bonds. The molecule has 23 heavy (non-hydrogen) atoms. The van der Waals surface area contributed by atoms with Gasteiger partial charge in [0.2, 0.25) is 0 Å². The predicted octanol–water partition coefficient (Wildman–Crippen LogP) is 3.12. The zero-order valence-corrected chi connectivity index (χ0v) is 16.1. The first-order chi connectivity index (χ1) is 11.0. The number of nitrogens with zero attached hydrogens (tertiary/aromatic N) is 2. The van der Waals surface area contributed by atoms with E-state index < -0.39 is 0 Å². The molecule has 0 aromatic heterocycles. The van der Waals surface area contributed by atoms with Crippen LogP contribution < -0.4 is 0 Å². The highest BCUT2D eigenvalue weighted by atomic mass is 16.3. The van der Waals surface area contributed by atoms with E-state index in [1.165, 1.54) is 51.6 Å². The fourth-order valence-corrected chi connectivity index (χ4v) is 3.03. The highest BCUT2D eigenvalue weighted by Gasteiger charge is 2.12. The fourth-order valence-electron chi connectivity index (χ4n) is 3.03. The lowest BCUT2D eigenvalue weighted by atomic mass is 10.2. The van der Waals surface area contributed by atoms with Crippen molar-refractivity contribution in [2.75, 3.05) is 39.3 Å². The van der Waals surface area contributed by atoms with Crippen LogP contribution in [-0.4, -0.2) is 71.5 Å². The summed E-state index contributed by atoms with van der Waals surface area (Å²) in [5.74, 6) is 0. The Morgan fingerprint density at radius 3 is 1.39 bits per heavy atom. The van der Waals surface area contributed by atoms with E-state index in [2.05, 4.69) is 23.6 Å². The molecular formula is C19H42N2O2. The Bertz CT molecular complexity index is 228. The molecule has 0 aliphatic carbocycles. The molecule has 0 aliphatic heterocycles. The fraction of sp³-hybridized carbons (Fsp3) is 1.00. The Kier molecular flexibility index (Phi) is 15.3. The first kappa shape index (κ1) is 22.8. The van der Waals surface area contributed by atoms with E-state index in [0.29, 0.717) is 13.1 Å². The molecule has 0 aromatic rings. The lowest BCUT2D eigenvalue weighted by Gasteiger charge is -2.27. The normalized spacial score (nSPS) is 14.6. The van der Waals surface area contributed by atoms with Crippen molar-refractivity contribution < 1.29 is 10.2 Å². The quantitative estimate of drug-likeness (QED) is 0.427. The summed E-state index contributed by atoms with van der Waals surface area (Å²) >= 11 is 0. The summed E-state index contributed by atoms with van der Waals surface area (Å²) in [4.78, 5) is 4.79. The molecule has 2 unspecified atom stereocenters. The van der Waals surface area contributed by atoms with Crippen molar-refractivity contribution in [3.05, 3.63) is 0 Å². The van der Waals surface area contributed by atoms with Gasteiger partial charge in [-0.3, -0.25) is 4.90 Å². The number of rotatable bonds is 16. The summed E-state index contributed by atoms with van der Waals surface area (Å²) in [5.41, 5.74) is 0. The summed E-state index contributed by atoms with van der Waals surface area (Å²) in [6.07, 6.45) is 8.23. The maximum Gasteiger partial charge on any atom is 0.0639 e. The van der Waals surface area contributed by atoms with Gasteiger partial charge in [-0.1, -0.05) is 39.5 Å². The molecule has 4 nitrogen and oxygen atoms in total. The second-order valence-corrected chi connectivity index (χ2v) is 7.07. The highest BCUT2D eigenvalue weighted by Crippen LogP contribution is 2.05. The molecule has 0 radical (unpaired) electrons. The van der Waals surface area contributed by atoms with E-state index in [4.69, 9.17) is 0 Å². The third kappa shape index (κ3) is 15.1. The van der Waals surface area contributed by atoms with Crippen LogP contribution in [0.15, 0.2) is 0 Å². The van der Waals surface area contributed by atoms with E-state index in [-0.39, 0.29) is 12.2 Å². The molecule has 0 saturated heterocycles. The van der Waals surface area contributed by atoms with E-state index in [9.17, 15) is 10.2 Å². The van der Waals surface area contributed by atoms with Crippen LogP contribution in [0.1, 0.15) is 72.6 Å². The number of hydrogen-bond donors (Lipinski definition) is 2. The monoisotopic (exact) mass is 330 g/mol. The molecule has 4 heteroatoms. The van der Waals surface area contributed by atoms with Crippen molar-refractivity contribution >= 4 is 0 Å². The smallest absolute Gasteiger partial charge is 0.0639 e. The van der Waals surface area contributed by atoms with Gasteiger partial charge in [0.05, 0.1) is 12.2 Å². The van der Waals surface area contributed by atoms with Gasteiger partial charge in [0, 0.05) is 13.1 Å². The third-order valence-electron chi connectivity index (χ3n) is 4.15. The maximum absolute atomic E-state index is 9.60. The number of aliphatic hydroxyl groups is 2. The Morgan fingerprint density at radius 1 is 0.609 bits per heavy atom. The van der Waals surface area contributed by atoms with Gasteiger partial charge in [-0.25, -0.2) is 0 Å². The molecule has 0 heterocycles. The minimum absolute atomic E-state index is 0.334. The molecule has 2 N–H and O–H groups in total. The van der Waals surface area contributed by atoms with Crippen LogP contribution in [0.5, 0.6) is 0 Å². The van der Waals surface area contributed by atoms with Crippen LogP contribution in [0.3, 0.4) is 0 Å². The zero-order chi connectivity index (χ0) is 17.5. The van der Waals surface area contributed by atoms with Crippen LogP contribution in [0.25, 0.3) is 0 Å². The molecule has 0 rings (SSSR count). The molecule has 140 valence electrons. The SMILES string of the molecule is CCCCCN(CCCCC)CCCN(CC(C)O)CC(C)O. The Balaban J connectivity index is 4.15. The van der Waals surface area contributed by atoms with Crippen molar-refractivity contribution in [2.45, 2.75) is 84.8 Å². The van der Waals surface area contributed by atoms with Gasteiger partial charge < -0.3 is 15.1 Å². The standard InChI is InChI=1S/C19H42N2O2/c1-5-7-9-12-20(13-10-8-6-2)14-11-15-21(16-18(3)22)17-19(4)23/h18-19,22-23H,5-17H2,1-4H3. The summed E-state index contributed by atoms with van der Waals surface area (Å²) in [7, 11) is 0. The van der Waals surface area contributed by atoms with E-state index in [1.54, 1.807) is 0 Å². The van der Waals surface area contributed by atoms with Crippen LogP contribution in [0, 0.1) is 0 Å². The van der Waals surface area contributed by atoms with Crippen molar-refractivity contribution in [2.24, 2.45) is 0 Å². The van der Waals surface area contributed by atoms with E-state index >= 15 is 0 Å². The summed E-state index contributed by atoms with van der Waals surface area (Å²) in [5, 5.41) is 19.2. The lowest BCUT2D eigenvalue weighted by molar-refractivity contribution is 0.0805. The molecule has 0 bridgehead atoms. The van der Waals surface area contributed by atoms with Gasteiger partial charge in [0.1, 0.15) is 0 Å². The van der Waals surface area contributed by atoms with Gasteiger partial charge in [-0.15, -0.1) is 0 Å². The molecular weight excluding hydrogens is 288 g/mol. The average Bonchev–Trinajstić information content (AvgIpc) is 2.45. The Hall–Kier alpha value is -0.160. The number of hydrogen-bond acceptors (Lipinski definition) is 4. The summed E-state index contributed by atoms with van der Waals surface area (Å²) in [6, 6.07) is 0. The van der Waals surface area contributed by atoms with Crippen LogP contribution in [0.4, 0.5) is 0 Å². The predicted molar refractivity (Wildman–Crippen MR) is 99.9 cm³/mol. The van der Waals surface area contributed by atoms with E-state index in [1.807, 2.05) is 13.8 Å². The molecule has 0 aromatic carbocycles. The average molecular weight is 331 g/mol. The minimum atomic E-state index is -0.334. The van der Waals surface area contributed by atoms with Gasteiger partial charge in [-0.2, -0.15) is 0 Å². The van der Waals surface area contributed by atoms with Gasteiger partial charge in [0.25, 0.3) is 0 Å². The maximum atomic E-state index is 9.60. The molecule has 0 aliphatic rings. The molecule has 0 spiro atoms. The first-order valence-corrected chi connectivity index (χ1v) is 9.80. The van der Waals surface area contributed by atoms with Crippen LogP contribution in [0.2, 0.25) is 0 Å². The Morgan fingerprint density at radius 2 is 1.00 bits per heavy atom. The van der Waals surface area contributed by atoms with Crippen molar-refractivity contribution in [1.82, 2.24) is 9.80 Å². The van der Waals surface area contributed by atoms with Gasteiger partial charge in [-0.05, 0) is 59.3 Å². The minimum Gasteiger partial charge on any atom is -0.392 e. The topological polar surface area (TPSA) is 46.9 Å². The third-order valence-corrected chi connectivity index (χ3v) is 4.15. The molecule has 0 saturated carbocycles. The second-order valence-electron chi connectivity index (χ2n) is 7.07. The van der Waals surface area contributed by atoms with Crippen LogP contribution >= 0.6 is 0 Å². The molecule has 2 atom stereocenters. The summed E-state index contributed by atoms with van der Waals surface area (Å²) < 4.78 is 0. The first-order valence-electron chi connectivity index (χ1n) is 9.80. The number of aliphatic hydroxyl groups excluding tert-OH is 2. The number of unbranched alkanes of at least 4 members (excludes halogenated alkanes) is 4. The largest absolute Gasteiger partial charge is 0.392 e. The lowest BCUT2D eigenvalue weighted by Crippen LogP contribution is -2.38. The van der Waals surface area contributed by atoms with E-state index in [0.717, 1.165) is 19.5 Å². The van der Waals surface area contributed by atoms with Crippen molar-refractivity contribution in [3.63, 3.8) is 0 Å². The second kappa shape index (κ2) is 15.4.